The van der Waals surface area contributed by atoms with E-state index in [1.54, 1.807) is 48.8 Å². The van der Waals surface area contributed by atoms with Crippen LogP contribution in [0.5, 0.6) is 11.5 Å². The highest BCUT2D eigenvalue weighted by Crippen LogP contribution is 2.41. The largest absolute Gasteiger partial charge is 0.507 e. The molecule has 1 fully saturated rings. The number of carbonyl (C=O) groups excluding carboxylic acids is 2. The predicted molar refractivity (Wildman–Crippen MR) is 137 cm³/mol. The summed E-state index contributed by atoms with van der Waals surface area (Å²) in [5, 5.41) is 11.3. The van der Waals surface area contributed by atoms with Gasteiger partial charge in [0.1, 0.15) is 17.3 Å². The third kappa shape index (κ3) is 5.40. The van der Waals surface area contributed by atoms with Crippen LogP contribution in [0.15, 0.2) is 78.6 Å². The number of Topliss-reactive ketones (excluding diaryl/α,β-unsaturated/α-hetero) is 1. The molecule has 186 valence electrons. The van der Waals surface area contributed by atoms with Gasteiger partial charge in [0.25, 0.3) is 11.7 Å². The van der Waals surface area contributed by atoms with Crippen LogP contribution in [0.4, 0.5) is 0 Å². The van der Waals surface area contributed by atoms with Crippen molar-refractivity contribution in [3.05, 3.63) is 95.3 Å². The van der Waals surface area contributed by atoms with Gasteiger partial charge in [-0.2, -0.15) is 0 Å². The van der Waals surface area contributed by atoms with E-state index < -0.39 is 17.7 Å². The van der Waals surface area contributed by atoms with E-state index in [0.29, 0.717) is 29.2 Å². The Labute approximate surface area is 211 Å². The topological polar surface area (TPSA) is 89.0 Å². The second kappa shape index (κ2) is 11.5. The standard InChI is InChI=1S/C29H30N2O5/c1-3-4-5-17-36-23-11-9-21(10-12-23)26-25(27(32)22-7-6-8-24(18-22)35-2)28(33)29(34)31(26)19-20-13-15-30-16-14-20/h6-16,18,26,32H,3-5,17,19H2,1-2H3. The fraction of sp³-hybridized carbons (Fsp3) is 0.276. The van der Waals surface area contributed by atoms with Gasteiger partial charge >= 0.3 is 0 Å². The lowest BCUT2D eigenvalue weighted by Gasteiger charge is -2.25. The number of ketones is 1. The van der Waals surface area contributed by atoms with Crippen molar-refractivity contribution in [3.8, 4) is 11.5 Å². The van der Waals surface area contributed by atoms with E-state index in [9.17, 15) is 14.7 Å². The first-order valence-electron chi connectivity index (χ1n) is 12.1. The Morgan fingerprint density at radius 1 is 1.00 bits per heavy atom. The van der Waals surface area contributed by atoms with E-state index in [1.807, 2.05) is 24.3 Å². The summed E-state index contributed by atoms with van der Waals surface area (Å²) in [6.45, 7) is 2.97. The molecule has 0 bridgehead atoms. The smallest absolute Gasteiger partial charge is 0.295 e. The number of aromatic nitrogens is 1. The van der Waals surface area contributed by atoms with Gasteiger partial charge in [-0.3, -0.25) is 14.6 Å². The highest BCUT2D eigenvalue weighted by molar-refractivity contribution is 6.46. The Morgan fingerprint density at radius 3 is 2.44 bits per heavy atom. The Hall–Kier alpha value is -4.13. The van der Waals surface area contributed by atoms with Gasteiger partial charge in [-0.1, -0.05) is 44.0 Å². The summed E-state index contributed by atoms with van der Waals surface area (Å²) in [5.41, 5.74) is 1.97. The van der Waals surface area contributed by atoms with Crippen LogP contribution in [0.25, 0.3) is 5.76 Å². The normalized spacial score (nSPS) is 16.8. The van der Waals surface area contributed by atoms with Crippen LogP contribution < -0.4 is 9.47 Å². The molecule has 2 heterocycles. The average molecular weight is 487 g/mol. The number of likely N-dealkylation sites (tertiary alicyclic amines) is 1. The molecule has 1 aromatic heterocycles. The molecule has 1 saturated heterocycles. The minimum atomic E-state index is -0.765. The molecular formula is C29H30N2O5. The molecule has 2 aromatic carbocycles. The van der Waals surface area contributed by atoms with Crippen LogP contribution in [0.1, 0.15) is 48.9 Å². The molecule has 1 N–H and O–H groups in total. The van der Waals surface area contributed by atoms with E-state index in [0.717, 1.165) is 24.8 Å². The number of carbonyl (C=O) groups is 2. The number of rotatable bonds is 10. The lowest BCUT2D eigenvalue weighted by molar-refractivity contribution is -0.140. The first kappa shape index (κ1) is 25.0. The van der Waals surface area contributed by atoms with Crippen LogP contribution in [0.3, 0.4) is 0 Å². The Kier molecular flexibility index (Phi) is 8.00. The zero-order chi connectivity index (χ0) is 25.5. The number of pyridine rings is 1. The summed E-state index contributed by atoms with van der Waals surface area (Å²) in [4.78, 5) is 32.0. The van der Waals surface area contributed by atoms with Crippen LogP contribution in [0, 0.1) is 0 Å². The molecule has 4 rings (SSSR count). The number of hydrogen-bond acceptors (Lipinski definition) is 6. The molecule has 1 atom stereocenters. The molecular weight excluding hydrogens is 456 g/mol. The van der Waals surface area contributed by atoms with Crippen molar-refractivity contribution in [2.45, 2.75) is 38.8 Å². The van der Waals surface area contributed by atoms with E-state index in [2.05, 4.69) is 11.9 Å². The van der Waals surface area contributed by atoms with Crippen LogP contribution in [-0.4, -0.2) is 40.4 Å². The number of aliphatic hydroxyl groups excluding tert-OH is 1. The monoisotopic (exact) mass is 486 g/mol. The van der Waals surface area contributed by atoms with Crippen molar-refractivity contribution < 1.29 is 24.2 Å². The molecule has 1 aliphatic rings. The number of amides is 1. The van der Waals surface area contributed by atoms with Gasteiger partial charge in [0.2, 0.25) is 0 Å². The summed E-state index contributed by atoms with van der Waals surface area (Å²) < 4.78 is 11.1. The number of ether oxygens (including phenoxy) is 2. The van der Waals surface area contributed by atoms with Gasteiger partial charge in [-0.05, 0) is 53.9 Å². The summed E-state index contributed by atoms with van der Waals surface area (Å²) in [7, 11) is 1.53. The third-order valence-corrected chi connectivity index (χ3v) is 6.20. The second-order valence-corrected chi connectivity index (χ2v) is 8.64. The van der Waals surface area contributed by atoms with Gasteiger partial charge in [0.15, 0.2) is 0 Å². The Bertz CT molecular complexity index is 1240. The maximum atomic E-state index is 13.3. The average Bonchev–Trinajstić information content (AvgIpc) is 3.16. The Balaban J connectivity index is 1.74. The lowest BCUT2D eigenvalue weighted by atomic mass is 9.95. The minimum Gasteiger partial charge on any atom is -0.507 e. The summed E-state index contributed by atoms with van der Waals surface area (Å²) in [6, 6.07) is 17.0. The van der Waals surface area contributed by atoms with Crippen LogP contribution >= 0.6 is 0 Å². The molecule has 0 spiro atoms. The van der Waals surface area contributed by atoms with E-state index >= 15 is 0 Å². The molecule has 1 amide bonds. The highest BCUT2D eigenvalue weighted by atomic mass is 16.5. The summed E-state index contributed by atoms with van der Waals surface area (Å²) >= 11 is 0. The number of nitrogens with zero attached hydrogens (tertiary/aromatic N) is 2. The number of benzene rings is 2. The maximum absolute atomic E-state index is 13.3. The third-order valence-electron chi connectivity index (χ3n) is 6.20. The van der Waals surface area contributed by atoms with E-state index in [1.165, 1.54) is 12.0 Å². The van der Waals surface area contributed by atoms with Gasteiger partial charge in [-0.25, -0.2) is 0 Å². The first-order valence-corrected chi connectivity index (χ1v) is 12.1. The van der Waals surface area contributed by atoms with E-state index in [4.69, 9.17) is 9.47 Å². The Morgan fingerprint density at radius 2 is 1.75 bits per heavy atom. The number of aliphatic hydroxyl groups is 1. The van der Waals surface area contributed by atoms with Crippen LogP contribution in [0.2, 0.25) is 0 Å². The highest BCUT2D eigenvalue weighted by Gasteiger charge is 2.46. The molecule has 1 unspecified atom stereocenters. The molecule has 1 aliphatic heterocycles. The fourth-order valence-corrected chi connectivity index (χ4v) is 4.29. The summed E-state index contributed by atoms with van der Waals surface area (Å²) in [5.74, 6) is -0.385. The maximum Gasteiger partial charge on any atom is 0.295 e. The molecule has 3 aromatic rings. The second-order valence-electron chi connectivity index (χ2n) is 8.64. The lowest BCUT2D eigenvalue weighted by Crippen LogP contribution is -2.29. The number of methoxy groups -OCH3 is 1. The summed E-state index contributed by atoms with van der Waals surface area (Å²) in [6.07, 6.45) is 6.48. The van der Waals surface area contributed by atoms with Crippen molar-refractivity contribution in [1.82, 2.24) is 9.88 Å². The number of hydrogen-bond donors (Lipinski definition) is 1. The van der Waals surface area contributed by atoms with Gasteiger partial charge < -0.3 is 19.5 Å². The number of unbranched alkanes of at least 4 members (excludes halogenated alkanes) is 2. The van der Waals surface area contributed by atoms with Crippen molar-refractivity contribution in [3.63, 3.8) is 0 Å². The first-order chi connectivity index (χ1) is 17.5. The van der Waals surface area contributed by atoms with Gasteiger partial charge in [0.05, 0.1) is 25.3 Å². The molecule has 0 aliphatic carbocycles. The minimum absolute atomic E-state index is 0.0407. The van der Waals surface area contributed by atoms with Crippen molar-refractivity contribution >= 4 is 17.4 Å². The van der Waals surface area contributed by atoms with Gasteiger partial charge in [0, 0.05) is 24.5 Å². The van der Waals surface area contributed by atoms with E-state index in [-0.39, 0.29) is 17.9 Å². The SMILES string of the molecule is CCCCCOc1ccc(C2C(=C(O)c3cccc(OC)c3)C(=O)C(=O)N2Cc2ccncc2)cc1. The predicted octanol–water partition coefficient (Wildman–Crippen LogP) is 5.28. The van der Waals surface area contributed by atoms with Gasteiger partial charge in [-0.15, -0.1) is 0 Å². The fourth-order valence-electron chi connectivity index (χ4n) is 4.29. The van der Waals surface area contributed by atoms with Crippen molar-refractivity contribution in [2.24, 2.45) is 0 Å². The molecule has 0 saturated carbocycles. The van der Waals surface area contributed by atoms with Crippen molar-refractivity contribution in [2.75, 3.05) is 13.7 Å². The molecule has 7 heteroatoms. The molecule has 36 heavy (non-hydrogen) atoms. The molecule has 0 radical (unpaired) electrons. The zero-order valence-electron chi connectivity index (χ0n) is 20.5. The van der Waals surface area contributed by atoms with Crippen LogP contribution in [-0.2, 0) is 16.1 Å². The quantitative estimate of drug-likeness (QED) is 0.182. The molecule has 7 nitrogen and oxygen atoms in total. The van der Waals surface area contributed by atoms with Crippen molar-refractivity contribution in [1.29, 1.82) is 0 Å². The zero-order valence-corrected chi connectivity index (χ0v) is 20.5.